The summed E-state index contributed by atoms with van der Waals surface area (Å²) in [6.45, 7) is 4.19. The first-order valence-electron chi connectivity index (χ1n) is 8.60. The molecule has 7 heteroatoms. The van der Waals surface area contributed by atoms with Crippen LogP contribution in [0, 0.1) is 0 Å². The van der Waals surface area contributed by atoms with Gasteiger partial charge in [0.2, 0.25) is 0 Å². The Labute approximate surface area is 161 Å². The molecule has 136 valence electrons. The number of pyridine rings is 1. The summed E-state index contributed by atoms with van der Waals surface area (Å²) in [4.78, 5) is 7.46. The van der Waals surface area contributed by atoms with Crippen LogP contribution < -0.4 is 13.8 Å². The molecule has 3 heterocycles. The van der Waals surface area contributed by atoms with E-state index in [4.69, 9.17) is 0 Å². The summed E-state index contributed by atoms with van der Waals surface area (Å²) in [5.41, 5.74) is 2.33. The van der Waals surface area contributed by atoms with Crippen LogP contribution >= 0.6 is 0 Å². The van der Waals surface area contributed by atoms with E-state index < -0.39 is 23.5 Å². The molecule has 27 heavy (non-hydrogen) atoms. The quantitative estimate of drug-likeness (QED) is 0.373. The fraction of sp³-hybridized carbons (Fsp3) is 0.150. The Balaban J connectivity index is 1.94. The second-order valence-electron chi connectivity index (χ2n) is 6.92. The molecule has 5 nitrogen and oxygen atoms in total. The first-order chi connectivity index (χ1) is 12.9. The predicted molar refractivity (Wildman–Crippen MR) is 104 cm³/mol. The zero-order chi connectivity index (χ0) is 18.9. The minimum atomic E-state index is -4.63. The summed E-state index contributed by atoms with van der Waals surface area (Å²) in [6, 6.07) is 14.1. The Morgan fingerprint density at radius 1 is 1.00 bits per heavy atom. The molecule has 0 radical (unpaired) electrons. The van der Waals surface area contributed by atoms with Crippen molar-refractivity contribution in [2.75, 3.05) is 4.90 Å². The van der Waals surface area contributed by atoms with Gasteiger partial charge in [-0.2, -0.15) is 0 Å². The zero-order valence-electron chi connectivity index (χ0n) is 14.7. The van der Waals surface area contributed by atoms with Crippen molar-refractivity contribution in [3.05, 3.63) is 60.3 Å². The van der Waals surface area contributed by atoms with Gasteiger partial charge in [0, 0.05) is 0 Å². The van der Waals surface area contributed by atoms with Crippen LogP contribution in [0.1, 0.15) is 25.3 Å². The zero-order valence-corrected chi connectivity index (χ0v) is 17.2. The minimum absolute atomic E-state index is 0.243. The molecule has 5 rings (SSSR count). The van der Waals surface area contributed by atoms with E-state index in [2.05, 4.69) is 18.8 Å². The van der Waals surface area contributed by atoms with E-state index in [-0.39, 0.29) is 8.92 Å². The summed E-state index contributed by atoms with van der Waals surface area (Å²) < 4.78 is 40.2. The van der Waals surface area contributed by atoms with Gasteiger partial charge in [-0.3, -0.25) is 0 Å². The fourth-order valence-corrected chi connectivity index (χ4v) is 8.49. The Hall–Kier alpha value is -2.34. The molecule has 1 unspecified atom stereocenters. The first kappa shape index (κ1) is 16.8. The molecule has 1 atom stereocenters. The molecule has 0 N–H and O–H groups in total. The van der Waals surface area contributed by atoms with E-state index in [0.29, 0.717) is 27.2 Å². The SMILES string of the molecule is CC(C)c1ccc2c(c1)N1c3ncccc3[Se](=O)(=O)c3cccc(c31)S2=O. The van der Waals surface area contributed by atoms with Gasteiger partial charge in [0.15, 0.2) is 0 Å². The number of para-hydroxylation sites is 1. The van der Waals surface area contributed by atoms with Gasteiger partial charge >= 0.3 is 161 Å². The molecule has 2 aromatic carbocycles. The summed E-state index contributed by atoms with van der Waals surface area (Å²) in [5, 5.41) is 0. The molecule has 0 saturated carbocycles. The number of fused-ring (bicyclic) bond motifs is 4. The van der Waals surface area contributed by atoms with Gasteiger partial charge in [-0.1, -0.05) is 0 Å². The molecule has 0 saturated heterocycles. The summed E-state index contributed by atoms with van der Waals surface area (Å²) in [5.74, 6) is 0.684. The third-order valence-electron chi connectivity index (χ3n) is 5.02. The van der Waals surface area contributed by atoms with Gasteiger partial charge in [0.05, 0.1) is 0 Å². The van der Waals surface area contributed by atoms with E-state index in [9.17, 15) is 11.9 Å². The third-order valence-corrected chi connectivity index (χ3v) is 10.3. The standard InChI is InChI=1S/C20H16N2O3SSe/c1-12(2)13-8-9-15-14(11-13)22-19-16(26(15)23)5-3-6-17(19)27(24,25)18-7-4-10-21-20(18)22/h3-12H,1-2H3. The van der Waals surface area contributed by atoms with Gasteiger partial charge in [-0.05, 0) is 0 Å². The van der Waals surface area contributed by atoms with Crippen molar-refractivity contribution in [1.82, 2.24) is 4.98 Å². The van der Waals surface area contributed by atoms with Crippen LogP contribution in [0.25, 0.3) is 0 Å². The molecular formula is C20H16N2O3SSe. The van der Waals surface area contributed by atoms with Crippen molar-refractivity contribution >= 4 is 49.6 Å². The van der Waals surface area contributed by atoms with E-state index in [0.717, 1.165) is 11.3 Å². The molecule has 0 spiro atoms. The average Bonchev–Trinajstić information content (AvgIpc) is 2.67. The van der Waals surface area contributed by atoms with Crippen LogP contribution in [0.4, 0.5) is 17.2 Å². The van der Waals surface area contributed by atoms with Gasteiger partial charge in [-0.25, -0.2) is 0 Å². The van der Waals surface area contributed by atoms with Crippen molar-refractivity contribution in [2.24, 2.45) is 0 Å². The van der Waals surface area contributed by atoms with E-state index in [1.54, 1.807) is 36.5 Å². The molecule has 0 bridgehead atoms. The molecule has 0 fully saturated rings. The van der Waals surface area contributed by atoms with Crippen LogP contribution in [0.2, 0.25) is 0 Å². The summed E-state index contributed by atoms with van der Waals surface area (Å²) in [7, 11) is -1.44. The molecular weight excluding hydrogens is 427 g/mol. The van der Waals surface area contributed by atoms with Crippen LogP contribution in [-0.4, -0.2) is 21.9 Å². The number of hydrogen-bond acceptors (Lipinski definition) is 5. The van der Waals surface area contributed by atoms with E-state index in [1.807, 2.05) is 23.1 Å². The van der Waals surface area contributed by atoms with Gasteiger partial charge in [0.25, 0.3) is 0 Å². The Morgan fingerprint density at radius 3 is 2.56 bits per heavy atom. The van der Waals surface area contributed by atoms with Gasteiger partial charge in [-0.15, -0.1) is 0 Å². The van der Waals surface area contributed by atoms with Crippen LogP contribution in [0.5, 0.6) is 0 Å². The number of aromatic nitrogens is 1. The predicted octanol–water partition coefficient (Wildman–Crippen LogP) is 2.89. The van der Waals surface area contributed by atoms with Crippen LogP contribution in [0.15, 0.2) is 64.5 Å². The van der Waals surface area contributed by atoms with Crippen LogP contribution in [0.3, 0.4) is 0 Å². The molecule has 2 aliphatic rings. The topological polar surface area (TPSA) is 67.3 Å². The number of benzene rings is 2. The monoisotopic (exact) mass is 444 g/mol. The Morgan fingerprint density at radius 2 is 1.78 bits per heavy atom. The maximum absolute atomic E-state index is 13.2. The van der Waals surface area contributed by atoms with Crippen LogP contribution in [-0.2, 0) is 18.5 Å². The van der Waals surface area contributed by atoms with Crippen molar-refractivity contribution < 1.29 is 11.9 Å². The third kappa shape index (κ3) is 2.16. The Bertz CT molecular complexity index is 1250. The normalized spacial score (nSPS) is 18.6. The van der Waals surface area contributed by atoms with Crippen molar-refractivity contribution in [1.29, 1.82) is 0 Å². The second-order valence-corrected chi connectivity index (χ2v) is 12.3. The number of anilines is 3. The Kier molecular flexibility index (Phi) is 3.47. The van der Waals surface area contributed by atoms with Crippen molar-refractivity contribution in [3.8, 4) is 0 Å². The van der Waals surface area contributed by atoms with Gasteiger partial charge in [0.1, 0.15) is 0 Å². The first-order valence-corrected chi connectivity index (χ1v) is 12.9. The summed E-state index contributed by atoms with van der Waals surface area (Å²) >= 11 is -4.63. The number of hydrogen-bond donors (Lipinski definition) is 0. The number of rotatable bonds is 1. The molecule has 0 aliphatic carbocycles. The molecule has 3 aromatic rings. The van der Waals surface area contributed by atoms with E-state index >= 15 is 0 Å². The molecule has 2 aliphatic heterocycles. The molecule has 0 amide bonds. The van der Waals surface area contributed by atoms with Gasteiger partial charge < -0.3 is 0 Å². The average molecular weight is 443 g/mol. The molecule has 1 aromatic heterocycles. The summed E-state index contributed by atoms with van der Waals surface area (Å²) in [6.07, 6.45) is 1.59. The van der Waals surface area contributed by atoms with Crippen molar-refractivity contribution in [2.45, 2.75) is 29.6 Å². The fourth-order valence-electron chi connectivity index (χ4n) is 3.65. The maximum atomic E-state index is 13.2. The van der Waals surface area contributed by atoms with Crippen molar-refractivity contribution in [3.63, 3.8) is 0 Å². The second kappa shape index (κ2) is 5.58. The number of nitrogens with zero attached hydrogens (tertiary/aromatic N) is 2. The van der Waals surface area contributed by atoms with E-state index in [1.165, 1.54) is 0 Å².